The fraction of sp³-hybridized carbons (Fsp3) is 0.538. The predicted molar refractivity (Wildman–Crippen MR) is 63.3 cm³/mol. The molecule has 94 valence electrons. The van der Waals surface area contributed by atoms with Gasteiger partial charge in [0.2, 0.25) is 0 Å². The Balaban J connectivity index is 2.20. The molecule has 1 saturated heterocycles. The summed E-state index contributed by atoms with van der Waals surface area (Å²) in [6, 6.07) is 3.54. The Kier molecular flexibility index (Phi) is 4.00. The van der Waals surface area contributed by atoms with Gasteiger partial charge in [-0.1, -0.05) is 0 Å². The highest BCUT2D eigenvalue weighted by Gasteiger charge is 2.33. The number of hydrogen-bond donors (Lipinski definition) is 0. The van der Waals surface area contributed by atoms with Crippen molar-refractivity contribution < 1.29 is 13.5 Å². The lowest BCUT2D eigenvalue weighted by Crippen LogP contribution is -2.36. The summed E-state index contributed by atoms with van der Waals surface area (Å²) < 4.78 is 32.1. The van der Waals surface area contributed by atoms with Gasteiger partial charge in [0.25, 0.3) is 0 Å². The molecule has 0 bridgehead atoms. The summed E-state index contributed by atoms with van der Waals surface area (Å²) in [7, 11) is 0. The third-order valence-electron chi connectivity index (χ3n) is 3.26. The topological polar surface area (TPSA) is 9.23 Å². The number of rotatable bonds is 3. The highest BCUT2D eigenvalue weighted by atomic mass is 35.5. The van der Waals surface area contributed by atoms with Crippen LogP contribution in [0.2, 0.25) is 0 Å². The van der Waals surface area contributed by atoms with Gasteiger partial charge in [-0.05, 0) is 43.0 Å². The van der Waals surface area contributed by atoms with E-state index in [4.69, 9.17) is 16.3 Å². The first-order valence-electron chi connectivity index (χ1n) is 5.73. The zero-order chi connectivity index (χ0) is 12.3. The van der Waals surface area contributed by atoms with Gasteiger partial charge in [-0.3, -0.25) is 0 Å². The Bertz CT molecular complexity index is 389. The molecule has 1 atom stereocenters. The molecule has 0 aromatic heterocycles. The lowest BCUT2D eigenvalue weighted by atomic mass is 9.79. The SMILES string of the molecule is Fc1ccc(F)c(CC2(CCl)CCCOC2)c1. The van der Waals surface area contributed by atoms with Gasteiger partial charge in [0.05, 0.1) is 6.61 Å². The molecule has 1 aliphatic rings. The molecule has 0 saturated carbocycles. The second-order valence-corrected chi connectivity index (χ2v) is 4.97. The molecule has 1 aromatic carbocycles. The molecule has 1 aliphatic heterocycles. The van der Waals surface area contributed by atoms with Crippen molar-refractivity contribution in [2.24, 2.45) is 5.41 Å². The second kappa shape index (κ2) is 5.32. The van der Waals surface area contributed by atoms with E-state index in [2.05, 4.69) is 0 Å². The quantitative estimate of drug-likeness (QED) is 0.756. The predicted octanol–water partition coefficient (Wildman–Crippen LogP) is 3.54. The minimum atomic E-state index is -0.414. The first-order chi connectivity index (χ1) is 8.15. The summed E-state index contributed by atoms with van der Waals surface area (Å²) in [5.74, 6) is -0.382. The number of benzene rings is 1. The van der Waals surface area contributed by atoms with Gasteiger partial charge >= 0.3 is 0 Å². The molecule has 4 heteroatoms. The molecule has 0 amide bonds. The molecule has 0 spiro atoms. The lowest BCUT2D eigenvalue weighted by Gasteiger charge is -2.35. The van der Waals surface area contributed by atoms with Crippen molar-refractivity contribution in [1.29, 1.82) is 0 Å². The van der Waals surface area contributed by atoms with Gasteiger partial charge in [-0.25, -0.2) is 8.78 Å². The van der Waals surface area contributed by atoms with Crippen LogP contribution < -0.4 is 0 Å². The van der Waals surface area contributed by atoms with E-state index in [1.54, 1.807) is 0 Å². The lowest BCUT2D eigenvalue weighted by molar-refractivity contribution is 0.00437. The van der Waals surface area contributed by atoms with Gasteiger partial charge < -0.3 is 4.74 Å². The summed E-state index contributed by atoms with van der Waals surface area (Å²) in [6.45, 7) is 1.25. The molecule has 2 rings (SSSR count). The normalized spacial score (nSPS) is 24.9. The summed E-state index contributed by atoms with van der Waals surface area (Å²) in [4.78, 5) is 0. The summed E-state index contributed by atoms with van der Waals surface area (Å²) >= 11 is 5.98. The largest absolute Gasteiger partial charge is 0.381 e. The van der Waals surface area contributed by atoms with Crippen LogP contribution in [-0.2, 0) is 11.2 Å². The fourth-order valence-corrected chi connectivity index (χ4v) is 2.59. The van der Waals surface area contributed by atoms with Gasteiger partial charge in [0.15, 0.2) is 0 Å². The third kappa shape index (κ3) is 2.96. The van der Waals surface area contributed by atoms with Crippen molar-refractivity contribution in [2.75, 3.05) is 19.1 Å². The van der Waals surface area contributed by atoms with Crippen LogP contribution in [0, 0.1) is 17.0 Å². The van der Waals surface area contributed by atoms with Crippen molar-refractivity contribution >= 4 is 11.6 Å². The van der Waals surface area contributed by atoms with Crippen molar-refractivity contribution in [3.05, 3.63) is 35.4 Å². The first kappa shape index (κ1) is 12.8. The van der Waals surface area contributed by atoms with Crippen LogP contribution in [0.5, 0.6) is 0 Å². The maximum absolute atomic E-state index is 13.6. The highest BCUT2D eigenvalue weighted by molar-refractivity contribution is 6.18. The van der Waals surface area contributed by atoms with E-state index in [9.17, 15) is 8.78 Å². The van der Waals surface area contributed by atoms with E-state index in [-0.39, 0.29) is 11.2 Å². The smallest absolute Gasteiger partial charge is 0.126 e. The van der Waals surface area contributed by atoms with Gasteiger partial charge in [-0.2, -0.15) is 0 Å². The van der Waals surface area contributed by atoms with Crippen LogP contribution in [0.15, 0.2) is 18.2 Å². The molecule has 1 nitrogen and oxygen atoms in total. The second-order valence-electron chi connectivity index (χ2n) is 4.70. The van der Waals surface area contributed by atoms with E-state index < -0.39 is 5.82 Å². The Labute approximate surface area is 105 Å². The van der Waals surface area contributed by atoms with Crippen molar-refractivity contribution in [3.63, 3.8) is 0 Å². The molecule has 1 heterocycles. The summed E-state index contributed by atoms with van der Waals surface area (Å²) in [5, 5.41) is 0. The minimum absolute atomic E-state index is 0.256. The zero-order valence-electron chi connectivity index (χ0n) is 9.52. The monoisotopic (exact) mass is 260 g/mol. The molecule has 1 unspecified atom stereocenters. The Hall–Kier alpha value is -0.670. The average Bonchev–Trinajstić information content (AvgIpc) is 2.35. The van der Waals surface area contributed by atoms with Crippen LogP contribution in [0.3, 0.4) is 0 Å². The Morgan fingerprint density at radius 3 is 2.82 bits per heavy atom. The standard InChI is InChI=1S/C13H15ClF2O/c14-8-13(4-1-5-17-9-13)7-10-6-11(15)2-3-12(10)16/h2-3,6H,1,4-5,7-9H2. The molecule has 1 fully saturated rings. The van der Waals surface area contributed by atoms with Gasteiger partial charge in [0.1, 0.15) is 11.6 Å². The molecule has 0 radical (unpaired) electrons. The van der Waals surface area contributed by atoms with Crippen molar-refractivity contribution in [1.82, 2.24) is 0 Å². The van der Waals surface area contributed by atoms with Crippen molar-refractivity contribution in [2.45, 2.75) is 19.3 Å². The molecule has 17 heavy (non-hydrogen) atoms. The minimum Gasteiger partial charge on any atom is -0.381 e. The molecule has 0 aliphatic carbocycles. The molecular weight excluding hydrogens is 246 g/mol. The highest BCUT2D eigenvalue weighted by Crippen LogP contribution is 2.34. The van der Waals surface area contributed by atoms with Gasteiger partial charge in [0, 0.05) is 17.9 Å². The summed E-state index contributed by atoms with van der Waals surface area (Å²) in [5.41, 5.74) is 0.130. The Morgan fingerprint density at radius 1 is 1.35 bits per heavy atom. The number of hydrogen-bond acceptors (Lipinski definition) is 1. The fourth-order valence-electron chi connectivity index (χ4n) is 2.28. The van der Waals surface area contributed by atoms with E-state index >= 15 is 0 Å². The Morgan fingerprint density at radius 2 is 2.18 bits per heavy atom. The summed E-state index contributed by atoms with van der Waals surface area (Å²) in [6.07, 6.45) is 2.25. The van der Waals surface area contributed by atoms with E-state index in [0.717, 1.165) is 31.6 Å². The van der Waals surface area contributed by atoms with Crippen LogP contribution >= 0.6 is 11.6 Å². The number of alkyl halides is 1. The average molecular weight is 261 g/mol. The molecule has 0 N–H and O–H groups in total. The van der Waals surface area contributed by atoms with Gasteiger partial charge in [-0.15, -0.1) is 11.6 Å². The maximum Gasteiger partial charge on any atom is 0.126 e. The van der Waals surface area contributed by atoms with Crippen LogP contribution in [0.4, 0.5) is 8.78 Å². The maximum atomic E-state index is 13.6. The number of ether oxygens (including phenoxy) is 1. The van der Waals surface area contributed by atoms with E-state index in [1.807, 2.05) is 0 Å². The molecular formula is C13H15ClF2O. The zero-order valence-corrected chi connectivity index (χ0v) is 10.3. The first-order valence-corrected chi connectivity index (χ1v) is 6.26. The number of halogens is 3. The van der Waals surface area contributed by atoms with Crippen molar-refractivity contribution in [3.8, 4) is 0 Å². The van der Waals surface area contributed by atoms with E-state index in [1.165, 1.54) is 6.07 Å². The van der Waals surface area contributed by atoms with Crippen LogP contribution in [0.25, 0.3) is 0 Å². The van der Waals surface area contributed by atoms with Crippen LogP contribution in [-0.4, -0.2) is 19.1 Å². The van der Waals surface area contributed by atoms with Crippen LogP contribution in [0.1, 0.15) is 18.4 Å². The third-order valence-corrected chi connectivity index (χ3v) is 3.83. The van der Waals surface area contributed by atoms with E-state index in [0.29, 0.717) is 24.5 Å². The molecule has 1 aromatic rings.